The molecule has 51 heavy (non-hydrogen) atoms. The molecule has 4 saturated carbocycles. The highest BCUT2D eigenvalue weighted by Crippen LogP contribution is 2.75. The van der Waals surface area contributed by atoms with Gasteiger partial charge in [-0.05, 0) is 99.2 Å². The average Bonchev–Trinajstić information content (AvgIpc) is 3.03. The number of aliphatic carboxylic acids is 1. The van der Waals surface area contributed by atoms with Gasteiger partial charge in [-0.15, -0.1) is 0 Å². The molecule has 0 aromatic heterocycles. The molecule has 0 radical (unpaired) electrons. The standard InChI is InChI=1S/C40H62O11/c1-21-31(50-22(2)41)32(51-23(3)42)30(45)33(49-21)48-20-37(6)26-12-13-39(8)27(40(26,9)29(44)18-28(37)43)11-10-24-25-19-36(5,34(46)47)15-14-35(25,4)16-17-38(24,39)7/h10,21,25-33,43-45H,11-20H2,1-9H3,(H,46,47)/t21-,25+,26?,27?,28+,29+,30-,31+,32+,33-,35-,36-,37+,38-,39-,40+/m1/s1. The fraction of sp³-hybridized carbons (Fsp3) is 0.875. The van der Waals surface area contributed by atoms with Crippen LogP contribution in [0.25, 0.3) is 0 Å². The van der Waals surface area contributed by atoms with E-state index in [0.717, 1.165) is 38.5 Å². The molecule has 1 heterocycles. The molecule has 6 rings (SSSR count). The Balaban J connectivity index is 1.29. The van der Waals surface area contributed by atoms with Gasteiger partial charge in [-0.2, -0.15) is 0 Å². The summed E-state index contributed by atoms with van der Waals surface area (Å²) in [5, 5.41) is 45.3. The molecule has 0 aromatic carbocycles. The number of hydrogen-bond acceptors (Lipinski definition) is 10. The maximum absolute atomic E-state index is 12.5. The van der Waals surface area contributed by atoms with Crippen molar-refractivity contribution in [2.24, 2.45) is 50.2 Å². The van der Waals surface area contributed by atoms with Crippen molar-refractivity contribution in [1.29, 1.82) is 0 Å². The summed E-state index contributed by atoms with van der Waals surface area (Å²) < 4.78 is 23.1. The van der Waals surface area contributed by atoms with E-state index in [4.69, 9.17) is 18.9 Å². The topological polar surface area (TPSA) is 169 Å². The van der Waals surface area contributed by atoms with Gasteiger partial charge >= 0.3 is 17.9 Å². The number of aliphatic hydroxyl groups excluding tert-OH is 3. The van der Waals surface area contributed by atoms with E-state index in [9.17, 15) is 34.8 Å². The molecular formula is C40H62O11. The zero-order valence-electron chi connectivity index (χ0n) is 32.1. The fourth-order valence-corrected chi connectivity index (χ4v) is 12.6. The Morgan fingerprint density at radius 1 is 0.863 bits per heavy atom. The van der Waals surface area contributed by atoms with Crippen LogP contribution in [0.5, 0.6) is 0 Å². The number of carbonyl (C=O) groups excluding carboxylic acids is 2. The van der Waals surface area contributed by atoms with Gasteiger partial charge in [-0.3, -0.25) is 14.4 Å². The van der Waals surface area contributed by atoms with Crippen LogP contribution in [0, 0.1) is 50.2 Å². The average molecular weight is 719 g/mol. The molecule has 2 unspecified atom stereocenters. The first-order valence-corrected chi connectivity index (χ1v) is 19.2. The lowest BCUT2D eigenvalue weighted by molar-refractivity contribution is -0.316. The van der Waals surface area contributed by atoms with Gasteiger partial charge in [-0.25, -0.2) is 0 Å². The van der Waals surface area contributed by atoms with Crippen LogP contribution >= 0.6 is 0 Å². The number of carboxylic acids is 1. The smallest absolute Gasteiger partial charge is 0.309 e. The van der Waals surface area contributed by atoms with Crippen LogP contribution < -0.4 is 0 Å². The monoisotopic (exact) mass is 718 g/mol. The third kappa shape index (κ3) is 5.73. The first-order chi connectivity index (χ1) is 23.6. The first kappa shape index (κ1) is 38.7. The zero-order chi connectivity index (χ0) is 37.7. The van der Waals surface area contributed by atoms with Crippen LogP contribution in [-0.4, -0.2) is 87.9 Å². The van der Waals surface area contributed by atoms with E-state index in [1.807, 2.05) is 13.8 Å². The third-order valence-electron chi connectivity index (χ3n) is 16.2. The highest BCUT2D eigenvalue weighted by Gasteiger charge is 2.71. The highest BCUT2D eigenvalue weighted by molar-refractivity contribution is 5.74. The molecule has 0 aromatic rings. The quantitative estimate of drug-likeness (QED) is 0.211. The molecule has 5 aliphatic carbocycles. The van der Waals surface area contributed by atoms with Crippen molar-refractivity contribution in [1.82, 2.24) is 0 Å². The molecule has 6 aliphatic rings. The van der Waals surface area contributed by atoms with Gasteiger partial charge < -0.3 is 39.4 Å². The van der Waals surface area contributed by atoms with Crippen LogP contribution in [0.3, 0.4) is 0 Å². The Morgan fingerprint density at radius 2 is 1.49 bits per heavy atom. The van der Waals surface area contributed by atoms with Gasteiger partial charge in [0.1, 0.15) is 6.10 Å². The van der Waals surface area contributed by atoms with Crippen LogP contribution in [0.1, 0.15) is 120 Å². The number of ether oxygens (including phenoxy) is 4. The predicted octanol–water partition coefficient (Wildman–Crippen LogP) is 5.17. The molecule has 5 fully saturated rings. The second kappa shape index (κ2) is 12.8. The zero-order valence-corrected chi connectivity index (χ0v) is 32.1. The number of carbonyl (C=O) groups is 3. The third-order valence-corrected chi connectivity index (χ3v) is 16.2. The Kier molecular flexibility index (Phi) is 9.69. The van der Waals surface area contributed by atoms with E-state index in [2.05, 4.69) is 33.8 Å². The Bertz CT molecular complexity index is 1450. The summed E-state index contributed by atoms with van der Waals surface area (Å²) in [7, 11) is 0. The van der Waals surface area contributed by atoms with Crippen molar-refractivity contribution in [3.63, 3.8) is 0 Å². The van der Waals surface area contributed by atoms with E-state index in [1.54, 1.807) is 6.92 Å². The number of hydrogen-bond donors (Lipinski definition) is 4. The molecular weight excluding hydrogens is 656 g/mol. The second-order valence-corrected chi connectivity index (χ2v) is 18.9. The van der Waals surface area contributed by atoms with Gasteiger partial charge in [-0.1, -0.05) is 46.3 Å². The van der Waals surface area contributed by atoms with Crippen LogP contribution in [-0.2, 0) is 33.3 Å². The maximum Gasteiger partial charge on any atom is 0.309 e. The van der Waals surface area contributed by atoms with E-state index >= 15 is 0 Å². The summed E-state index contributed by atoms with van der Waals surface area (Å²) in [6.07, 6.45) is 2.07. The highest BCUT2D eigenvalue weighted by atomic mass is 16.7. The predicted molar refractivity (Wildman–Crippen MR) is 186 cm³/mol. The molecule has 11 heteroatoms. The number of rotatable bonds is 6. The molecule has 0 spiro atoms. The van der Waals surface area contributed by atoms with Crippen molar-refractivity contribution in [2.45, 2.75) is 163 Å². The lowest BCUT2D eigenvalue weighted by Gasteiger charge is -2.72. The molecule has 4 N–H and O–H groups in total. The van der Waals surface area contributed by atoms with Crippen molar-refractivity contribution < 1.29 is 53.8 Å². The van der Waals surface area contributed by atoms with Gasteiger partial charge in [0.25, 0.3) is 0 Å². The van der Waals surface area contributed by atoms with E-state index in [-0.39, 0.29) is 47.0 Å². The molecule has 0 bridgehead atoms. The second-order valence-electron chi connectivity index (χ2n) is 18.9. The van der Waals surface area contributed by atoms with Gasteiger partial charge in [0.15, 0.2) is 18.5 Å². The van der Waals surface area contributed by atoms with Gasteiger partial charge in [0.2, 0.25) is 0 Å². The summed E-state index contributed by atoms with van der Waals surface area (Å²) >= 11 is 0. The van der Waals surface area contributed by atoms with Crippen LogP contribution in [0.15, 0.2) is 11.6 Å². The van der Waals surface area contributed by atoms with Gasteiger partial charge in [0.05, 0.1) is 30.3 Å². The molecule has 0 amide bonds. The van der Waals surface area contributed by atoms with E-state index in [0.29, 0.717) is 12.8 Å². The van der Waals surface area contributed by atoms with Crippen molar-refractivity contribution >= 4 is 17.9 Å². The largest absolute Gasteiger partial charge is 0.481 e. The van der Waals surface area contributed by atoms with Crippen molar-refractivity contribution in [3.8, 4) is 0 Å². The fourth-order valence-electron chi connectivity index (χ4n) is 12.6. The Labute approximate surface area is 302 Å². The number of aliphatic hydroxyl groups is 3. The summed E-state index contributed by atoms with van der Waals surface area (Å²) in [5.41, 5.74) is -0.944. The number of carboxylic acid groups (broad SMARTS) is 1. The number of esters is 2. The summed E-state index contributed by atoms with van der Waals surface area (Å²) in [5.74, 6) is -1.77. The molecule has 1 aliphatic heterocycles. The van der Waals surface area contributed by atoms with E-state index < -0.39 is 77.1 Å². The molecule has 11 nitrogen and oxygen atoms in total. The lowest BCUT2D eigenvalue weighted by atomic mass is 9.33. The first-order valence-electron chi connectivity index (χ1n) is 19.2. The minimum atomic E-state index is -1.45. The molecule has 16 atom stereocenters. The molecule has 288 valence electrons. The minimum Gasteiger partial charge on any atom is -0.481 e. The van der Waals surface area contributed by atoms with Gasteiger partial charge in [0, 0.05) is 31.1 Å². The summed E-state index contributed by atoms with van der Waals surface area (Å²) in [6.45, 7) is 17.4. The lowest BCUT2D eigenvalue weighted by Crippen LogP contribution is -2.69. The SMILES string of the molecule is CC(=O)O[C@@H]1[C@@H](OC(C)=O)[C@@H](O)[C@H](OC[C@@]2(C)C3CC[C@]4(C)C(CC=C5[C@@H]6C[C@](C)(C(=O)O)CC[C@]6(C)CC[C@]54C)[C@@]3(C)[C@@H](O)C[C@@H]2O)O[C@@H]1C. The normalized spacial score (nSPS) is 52.2. The van der Waals surface area contributed by atoms with Crippen LogP contribution in [0.4, 0.5) is 0 Å². The van der Waals surface area contributed by atoms with E-state index in [1.165, 1.54) is 19.4 Å². The number of fused-ring (bicyclic) bond motifs is 7. The maximum atomic E-state index is 12.5. The minimum absolute atomic E-state index is 0.0244. The van der Waals surface area contributed by atoms with Crippen LogP contribution in [0.2, 0.25) is 0 Å². The number of allylic oxidation sites excluding steroid dienone is 2. The summed E-state index contributed by atoms with van der Waals surface area (Å²) in [6, 6.07) is 0. The Morgan fingerprint density at radius 3 is 2.12 bits per heavy atom. The summed E-state index contributed by atoms with van der Waals surface area (Å²) in [4.78, 5) is 36.3. The van der Waals surface area contributed by atoms with Crippen molar-refractivity contribution in [2.75, 3.05) is 6.61 Å². The Hall–Kier alpha value is -2.05. The van der Waals surface area contributed by atoms with Crippen molar-refractivity contribution in [3.05, 3.63) is 11.6 Å². The molecule has 1 saturated heterocycles.